The topological polar surface area (TPSA) is 77.1 Å². The van der Waals surface area contributed by atoms with Gasteiger partial charge in [-0.05, 0) is 12.1 Å². The highest BCUT2D eigenvalue weighted by molar-refractivity contribution is 5.96. The van der Waals surface area contributed by atoms with Gasteiger partial charge in [0.05, 0.1) is 36.4 Å². The van der Waals surface area contributed by atoms with E-state index in [1.165, 1.54) is 4.90 Å². The van der Waals surface area contributed by atoms with Gasteiger partial charge in [0.15, 0.2) is 0 Å². The molecule has 1 amide bonds. The van der Waals surface area contributed by atoms with Gasteiger partial charge in [0, 0.05) is 0 Å². The van der Waals surface area contributed by atoms with Gasteiger partial charge in [-0.1, -0.05) is 12.1 Å². The highest BCUT2D eigenvalue weighted by Crippen LogP contribution is 2.23. The molecule has 1 aromatic carbocycles. The molecule has 0 N–H and O–H groups in total. The molecule has 1 fully saturated rings. The number of carbonyl (C=O) groups is 1. The number of nitriles is 2. The van der Waals surface area contributed by atoms with Gasteiger partial charge in [-0.25, -0.2) is 0 Å². The molecule has 1 aliphatic rings. The van der Waals surface area contributed by atoms with Crippen molar-refractivity contribution in [2.24, 2.45) is 0 Å². The quantitative estimate of drug-likeness (QED) is 0.779. The van der Waals surface area contributed by atoms with Crippen LogP contribution < -0.4 is 4.90 Å². The molecule has 2 rings (SSSR count). The Balaban J connectivity index is 2.28. The highest BCUT2D eigenvalue weighted by Gasteiger charge is 2.28. The molecule has 5 nitrogen and oxygen atoms in total. The maximum Gasteiger partial charge on any atom is 0.253 e. The fourth-order valence-corrected chi connectivity index (χ4v) is 1.89. The SMILES string of the molecule is N#CCC1CN(c2ccccc2C#N)C(=O)CO1. The first-order valence-corrected chi connectivity index (χ1v) is 5.54. The third-order valence-electron chi connectivity index (χ3n) is 2.76. The van der Waals surface area contributed by atoms with Crippen LogP contribution in [0.5, 0.6) is 0 Å². The number of amides is 1. The second-order valence-corrected chi connectivity index (χ2v) is 3.93. The second-order valence-electron chi connectivity index (χ2n) is 3.93. The van der Waals surface area contributed by atoms with Gasteiger partial charge < -0.3 is 9.64 Å². The Morgan fingerprint density at radius 1 is 1.39 bits per heavy atom. The van der Waals surface area contributed by atoms with Gasteiger partial charge in [-0.2, -0.15) is 10.5 Å². The number of anilines is 1. The van der Waals surface area contributed by atoms with Gasteiger partial charge in [-0.3, -0.25) is 4.79 Å². The van der Waals surface area contributed by atoms with Crippen LogP contribution in [-0.2, 0) is 9.53 Å². The molecule has 5 heteroatoms. The minimum absolute atomic E-state index is 0.0495. The first kappa shape index (κ1) is 12.1. The largest absolute Gasteiger partial charge is 0.365 e. The molecule has 1 aliphatic heterocycles. The lowest BCUT2D eigenvalue weighted by atomic mass is 10.1. The molecule has 18 heavy (non-hydrogen) atoms. The number of nitrogens with zero attached hydrogens (tertiary/aromatic N) is 3. The van der Waals surface area contributed by atoms with Gasteiger partial charge in [0.1, 0.15) is 12.7 Å². The molecule has 90 valence electrons. The van der Waals surface area contributed by atoms with E-state index in [9.17, 15) is 4.79 Å². The van der Waals surface area contributed by atoms with E-state index < -0.39 is 0 Å². The summed E-state index contributed by atoms with van der Waals surface area (Å²) in [6, 6.07) is 11.0. The summed E-state index contributed by atoms with van der Waals surface area (Å²) in [6.07, 6.45) is -0.0576. The number of carbonyl (C=O) groups excluding carboxylic acids is 1. The molecule has 0 spiro atoms. The van der Waals surface area contributed by atoms with Crippen LogP contribution >= 0.6 is 0 Å². The predicted molar refractivity (Wildman–Crippen MR) is 63.5 cm³/mol. The van der Waals surface area contributed by atoms with Gasteiger partial charge in [-0.15, -0.1) is 0 Å². The molecule has 0 aliphatic carbocycles. The summed E-state index contributed by atoms with van der Waals surface area (Å²) in [7, 11) is 0. The number of rotatable bonds is 2. The fraction of sp³-hybridized carbons (Fsp3) is 0.308. The van der Waals surface area contributed by atoms with Crippen LogP contribution in [0.15, 0.2) is 24.3 Å². The van der Waals surface area contributed by atoms with Crippen molar-refractivity contribution in [3.05, 3.63) is 29.8 Å². The maximum absolute atomic E-state index is 11.8. The second kappa shape index (κ2) is 5.31. The smallest absolute Gasteiger partial charge is 0.253 e. The Morgan fingerprint density at radius 2 is 2.17 bits per heavy atom. The Kier molecular flexibility index (Phi) is 3.57. The van der Waals surface area contributed by atoms with E-state index >= 15 is 0 Å². The maximum atomic E-state index is 11.8. The van der Waals surface area contributed by atoms with Crippen LogP contribution in [0.3, 0.4) is 0 Å². The molecule has 0 saturated carbocycles. The first-order chi connectivity index (χ1) is 8.76. The van der Waals surface area contributed by atoms with Crippen molar-refractivity contribution in [2.75, 3.05) is 18.1 Å². The number of benzene rings is 1. The van der Waals surface area contributed by atoms with Gasteiger partial charge in [0.2, 0.25) is 0 Å². The van der Waals surface area contributed by atoms with Gasteiger partial charge in [0.25, 0.3) is 5.91 Å². The van der Waals surface area contributed by atoms with E-state index in [1.807, 2.05) is 6.07 Å². The summed E-state index contributed by atoms with van der Waals surface area (Å²) in [6.45, 7) is 0.261. The average Bonchev–Trinajstić information content (AvgIpc) is 2.41. The molecule has 0 aromatic heterocycles. The van der Waals surface area contributed by atoms with Crippen LogP contribution in [0, 0.1) is 22.7 Å². The Hall–Kier alpha value is -2.37. The third kappa shape index (κ3) is 2.32. The summed E-state index contributed by atoms with van der Waals surface area (Å²) in [5.74, 6) is -0.188. The molecule has 1 heterocycles. The van der Waals surface area contributed by atoms with Crippen LogP contribution in [-0.4, -0.2) is 25.2 Å². The standard InChI is InChI=1S/C13H11N3O2/c14-6-5-11-8-16(13(17)9-18-11)12-4-2-1-3-10(12)7-15/h1-4,11H,5,8-9H2. The Bertz CT molecular complexity index is 542. The highest BCUT2D eigenvalue weighted by atomic mass is 16.5. The molecule has 1 unspecified atom stereocenters. The fourth-order valence-electron chi connectivity index (χ4n) is 1.89. The van der Waals surface area contributed by atoms with E-state index in [2.05, 4.69) is 6.07 Å². The zero-order valence-electron chi connectivity index (χ0n) is 9.67. The normalized spacial score (nSPS) is 19.1. The molecule has 0 radical (unpaired) electrons. The van der Waals surface area contributed by atoms with E-state index in [0.717, 1.165) is 0 Å². The van der Waals surface area contributed by atoms with Crippen LogP contribution in [0.4, 0.5) is 5.69 Å². The van der Waals surface area contributed by atoms with Crippen molar-refractivity contribution in [3.63, 3.8) is 0 Å². The Morgan fingerprint density at radius 3 is 2.89 bits per heavy atom. The zero-order chi connectivity index (χ0) is 13.0. The molecular weight excluding hydrogens is 230 g/mol. The number of hydrogen-bond acceptors (Lipinski definition) is 4. The van der Waals surface area contributed by atoms with Crippen LogP contribution in [0.25, 0.3) is 0 Å². The first-order valence-electron chi connectivity index (χ1n) is 5.54. The van der Waals surface area contributed by atoms with Crippen molar-refractivity contribution < 1.29 is 9.53 Å². The van der Waals surface area contributed by atoms with Crippen LogP contribution in [0.2, 0.25) is 0 Å². The zero-order valence-corrected chi connectivity index (χ0v) is 9.67. The van der Waals surface area contributed by atoms with Crippen molar-refractivity contribution >= 4 is 11.6 Å². The summed E-state index contributed by atoms with van der Waals surface area (Å²) < 4.78 is 5.26. The van der Waals surface area contributed by atoms with Crippen molar-refractivity contribution in [1.29, 1.82) is 10.5 Å². The molecule has 0 bridgehead atoms. The number of morpholine rings is 1. The molecule has 1 atom stereocenters. The van der Waals surface area contributed by atoms with Crippen molar-refractivity contribution in [2.45, 2.75) is 12.5 Å². The van der Waals surface area contributed by atoms with Crippen LogP contribution in [0.1, 0.15) is 12.0 Å². The lowest BCUT2D eigenvalue weighted by Crippen LogP contribution is -2.47. The molecular formula is C13H11N3O2. The summed E-state index contributed by atoms with van der Waals surface area (Å²) in [5.41, 5.74) is 1.03. The monoisotopic (exact) mass is 241 g/mol. The summed E-state index contributed by atoms with van der Waals surface area (Å²) in [5, 5.41) is 17.7. The van der Waals surface area contributed by atoms with Gasteiger partial charge >= 0.3 is 0 Å². The summed E-state index contributed by atoms with van der Waals surface area (Å²) >= 11 is 0. The number of para-hydroxylation sites is 1. The van der Waals surface area contributed by atoms with E-state index in [0.29, 0.717) is 17.8 Å². The minimum Gasteiger partial charge on any atom is -0.365 e. The lowest BCUT2D eigenvalue weighted by molar-refractivity contribution is -0.129. The molecule has 1 saturated heterocycles. The lowest BCUT2D eigenvalue weighted by Gasteiger charge is -2.32. The van der Waals surface area contributed by atoms with Crippen molar-refractivity contribution in [3.8, 4) is 12.1 Å². The minimum atomic E-state index is -0.292. The van der Waals surface area contributed by atoms with E-state index in [4.69, 9.17) is 15.3 Å². The average molecular weight is 241 g/mol. The van der Waals surface area contributed by atoms with Crippen molar-refractivity contribution in [1.82, 2.24) is 0 Å². The third-order valence-corrected chi connectivity index (χ3v) is 2.76. The van der Waals surface area contributed by atoms with E-state index in [1.54, 1.807) is 24.3 Å². The number of ether oxygens (including phenoxy) is 1. The summed E-state index contributed by atoms with van der Waals surface area (Å²) in [4.78, 5) is 13.3. The molecule has 1 aromatic rings. The van der Waals surface area contributed by atoms with E-state index in [-0.39, 0.29) is 25.0 Å². The predicted octanol–water partition coefficient (Wildman–Crippen LogP) is 1.20. The Labute approximate surface area is 105 Å². The number of hydrogen-bond donors (Lipinski definition) is 0.